The fraction of sp³-hybridized carbons (Fsp3) is 0.0870. The van der Waals surface area contributed by atoms with Crippen molar-refractivity contribution in [3.8, 4) is 5.69 Å². The van der Waals surface area contributed by atoms with Crippen molar-refractivity contribution in [1.82, 2.24) is 9.55 Å². The van der Waals surface area contributed by atoms with Gasteiger partial charge in [-0.05, 0) is 43.3 Å². The summed E-state index contributed by atoms with van der Waals surface area (Å²) in [5.74, 6) is -0.168. The van der Waals surface area contributed by atoms with E-state index in [9.17, 15) is 9.59 Å². The molecule has 0 saturated heterocycles. The SMILES string of the molecule is C[C@H](OC(=O)c1ccccc1)c1nc2cccc(Cl)c2c(=O)n1-c1ccccc1. The van der Waals surface area contributed by atoms with Crippen molar-refractivity contribution >= 4 is 28.5 Å². The van der Waals surface area contributed by atoms with Crippen molar-refractivity contribution in [2.75, 3.05) is 0 Å². The minimum absolute atomic E-state index is 0.315. The highest BCUT2D eigenvalue weighted by Crippen LogP contribution is 2.24. The van der Waals surface area contributed by atoms with Crippen LogP contribution >= 0.6 is 11.6 Å². The minimum Gasteiger partial charge on any atom is -0.451 e. The van der Waals surface area contributed by atoms with Gasteiger partial charge >= 0.3 is 5.97 Å². The van der Waals surface area contributed by atoms with Gasteiger partial charge in [0.05, 0.1) is 27.2 Å². The zero-order chi connectivity index (χ0) is 20.4. The number of nitrogens with zero attached hydrogens (tertiary/aromatic N) is 2. The zero-order valence-electron chi connectivity index (χ0n) is 15.6. The number of carbonyl (C=O) groups is 1. The van der Waals surface area contributed by atoms with Crippen LogP contribution in [-0.4, -0.2) is 15.5 Å². The van der Waals surface area contributed by atoms with Gasteiger partial charge in [0.2, 0.25) is 0 Å². The lowest BCUT2D eigenvalue weighted by atomic mass is 10.2. The number of hydrogen-bond donors (Lipinski definition) is 0. The molecule has 1 atom stereocenters. The van der Waals surface area contributed by atoms with E-state index in [0.29, 0.717) is 33.0 Å². The smallest absolute Gasteiger partial charge is 0.338 e. The van der Waals surface area contributed by atoms with E-state index in [2.05, 4.69) is 4.98 Å². The molecule has 29 heavy (non-hydrogen) atoms. The molecular formula is C23H17ClN2O3. The van der Waals surface area contributed by atoms with Gasteiger partial charge in [0, 0.05) is 0 Å². The lowest BCUT2D eigenvalue weighted by Crippen LogP contribution is -2.27. The number of esters is 1. The van der Waals surface area contributed by atoms with Crippen LogP contribution in [0, 0.1) is 0 Å². The summed E-state index contributed by atoms with van der Waals surface area (Å²) in [6, 6.07) is 22.9. The number of benzene rings is 3. The van der Waals surface area contributed by atoms with E-state index in [-0.39, 0.29) is 5.56 Å². The first-order chi connectivity index (χ1) is 14.1. The van der Waals surface area contributed by atoms with Crippen molar-refractivity contribution in [3.05, 3.63) is 106 Å². The maximum absolute atomic E-state index is 13.3. The quantitative estimate of drug-likeness (QED) is 0.451. The number of carbonyl (C=O) groups excluding carboxylic acids is 1. The van der Waals surface area contributed by atoms with Gasteiger partial charge in [0.1, 0.15) is 0 Å². The summed E-state index contributed by atoms with van der Waals surface area (Å²) < 4.78 is 7.07. The van der Waals surface area contributed by atoms with Gasteiger partial charge in [0.15, 0.2) is 11.9 Å². The highest BCUT2D eigenvalue weighted by Gasteiger charge is 2.22. The van der Waals surface area contributed by atoms with E-state index in [1.54, 1.807) is 61.5 Å². The van der Waals surface area contributed by atoms with Crippen molar-refractivity contribution in [2.24, 2.45) is 0 Å². The van der Waals surface area contributed by atoms with E-state index in [4.69, 9.17) is 16.3 Å². The topological polar surface area (TPSA) is 61.2 Å². The fourth-order valence-corrected chi connectivity index (χ4v) is 3.41. The Hall–Kier alpha value is -3.44. The van der Waals surface area contributed by atoms with Crippen LogP contribution in [0.2, 0.25) is 5.02 Å². The van der Waals surface area contributed by atoms with Crippen molar-refractivity contribution in [2.45, 2.75) is 13.0 Å². The third-order valence-corrected chi connectivity index (χ3v) is 4.86. The summed E-state index contributed by atoms with van der Waals surface area (Å²) >= 11 is 6.28. The lowest BCUT2D eigenvalue weighted by Gasteiger charge is -2.19. The Bertz CT molecular complexity index is 1240. The molecule has 0 aliphatic carbocycles. The number of aromatic nitrogens is 2. The summed E-state index contributed by atoms with van der Waals surface area (Å²) in [7, 11) is 0. The Kier molecular flexibility index (Phi) is 5.14. The second kappa shape index (κ2) is 7.89. The second-order valence-electron chi connectivity index (χ2n) is 6.49. The molecule has 0 radical (unpaired) electrons. The van der Waals surface area contributed by atoms with Crippen molar-refractivity contribution in [1.29, 1.82) is 0 Å². The lowest BCUT2D eigenvalue weighted by molar-refractivity contribution is 0.0315. The molecule has 144 valence electrons. The van der Waals surface area contributed by atoms with Crippen LogP contribution in [0.15, 0.2) is 83.7 Å². The van der Waals surface area contributed by atoms with E-state index < -0.39 is 12.1 Å². The summed E-state index contributed by atoms with van der Waals surface area (Å²) in [5.41, 5.74) is 1.18. The average Bonchev–Trinajstić information content (AvgIpc) is 2.74. The second-order valence-corrected chi connectivity index (χ2v) is 6.90. The van der Waals surface area contributed by atoms with Gasteiger partial charge in [-0.2, -0.15) is 0 Å². The maximum atomic E-state index is 13.3. The van der Waals surface area contributed by atoms with Crippen LogP contribution in [-0.2, 0) is 4.74 Å². The molecule has 3 aromatic carbocycles. The average molecular weight is 405 g/mol. The Balaban J connectivity index is 1.86. The van der Waals surface area contributed by atoms with Gasteiger partial charge in [-0.3, -0.25) is 9.36 Å². The molecule has 0 spiro atoms. The number of para-hydroxylation sites is 1. The van der Waals surface area contributed by atoms with E-state index in [0.717, 1.165) is 0 Å². The van der Waals surface area contributed by atoms with Crippen molar-refractivity contribution in [3.63, 3.8) is 0 Å². The third kappa shape index (κ3) is 3.65. The maximum Gasteiger partial charge on any atom is 0.338 e. The summed E-state index contributed by atoms with van der Waals surface area (Å²) in [5, 5.41) is 0.647. The van der Waals surface area contributed by atoms with E-state index in [1.165, 1.54) is 4.57 Å². The standard InChI is InChI=1S/C23H17ClN2O3/c1-15(29-23(28)16-9-4-2-5-10-16)21-25-19-14-8-13-18(24)20(19)22(27)26(21)17-11-6-3-7-12-17/h2-15H,1H3/t15-/m0/s1. The van der Waals surface area contributed by atoms with Crippen molar-refractivity contribution < 1.29 is 9.53 Å². The molecule has 5 nitrogen and oxygen atoms in total. The summed E-state index contributed by atoms with van der Waals surface area (Å²) in [6.07, 6.45) is -0.765. The van der Waals surface area contributed by atoms with Gasteiger partial charge in [-0.15, -0.1) is 0 Å². The highest BCUT2D eigenvalue weighted by molar-refractivity contribution is 6.35. The first kappa shape index (κ1) is 18.9. The molecular weight excluding hydrogens is 388 g/mol. The molecule has 0 amide bonds. The molecule has 0 saturated carbocycles. The minimum atomic E-state index is -0.765. The number of fused-ring (bicyclic) bond motifs is 1. The number of ether oxygens (including phenoxy) is 1. The Labute approximate surface area is 172 Å². The highest BCUT2D eigenvalue weighted by atomic mass is 35.5. The number of hydrogen-bond acceptors (Lipinski definition) is 4. The Morgan fingerprint density at radius 1 is 0.966 bits per heavy atom. The number of halogens is 1. The van der Waals surface area contributed by atoms with Crippen LogP contribution in [0.5, 0.6) is 0 Å². The van der Waals surface area contributed by atoms with Gasteiger partial charge in [0.25, 0.3) is 5.56 Å². The molecule has 0 unspecified atom stereocenters. The van der Waals surface area contributed by atoms with Crippen LogP contribution in [0.25, 0.3) is 16.6 Å². The third-order valence-electron chi connectivity index (χ3n) is 4.54. The van der Waals surface area contributed by atoms with Gasteiger partial charge in [-0.1, -0.05) is 54.1 Å². The molecule has 0 N–H and O–H groups in total. The molecule has 4 rings (SSSR count). The van der Waals surface area contributed by atoms with E-state index >= 15 is 0 Å². The molecule has 0 fully saturated rings. The Morgan fingerprint density at radius 3 is 2.31 bits per heavy atom. The molecule has 0 aliphatic heterocycles. The Morgan fingerprint density at radius 2 is 1.62 bits per heavy atom. The van der Waals surface area contributed by atoms with Gasteiger partial charge < -0.3 is 4.74 Å². The zero-order valence-corrected chi connectivity index (χ0v) is 16.3. The largest absolute Gasteiger partial charge is 0.451 e. The fourth-order valence-electron chi connectivity index (χ4n) is 3.16. The van der Waals surface area contributed by atoms with Crippen LogP contribution in [0.3, 0.4) is 0 Å². The monoisotopic (exact) mass is 404 g/mol. The molecule has 0 bridgehead atoms. The predicted molar refractivity (Wildman–Crippen MR) is 113 cm³/mol. The molecule has 6 heteroatoms. The first-order valence-electron chi connectivity index (χ1n) is 9.09. The molecule has 1 aromatic heterocycles. The molecule has 0 aliphatic rings. The number of rotatable bonds is 4. The normalized spacial score (nSPS) is 11.9. The molecule has 4 aromatic rings. The van der Waals surface area contributed by atoms with Crippen LogP contribution in [0.4, 0.5) is 0 Å². The first-order valence-corrected chi connectivity index (χ1v) is 9.46. The van der Waals surface area contributed by atoms with Crippen LogP contribution in [0.1, 0.15) is 29.2 Å². The van der Waals surface area contributed by atoms with Crippen LogP contribution < -0.4 is 5.56 Å². The molecule has 1 heterocycles. The predicted octanol–water partition coefficient (Wildman–Crippen LogP) is 4.96. The van der Waals surface area contributed by atoms with Gasteiger partial charge in [-0.25, -0.2) is 9.78 Å². The van der Waals surface area contributed by atoms with E-state index in [1.807, 2.05) is 24.3 Å². The summed E-state index contributed by atoms with van der Waals surface area (Å²) in [4.78, 5) is 30.5. The summed E-state index contributed by atoms with van der Waals surface area (Å²) in [6.45, 7) is 1.69.